The van der Waals surface area contributed by atoms with Crippen molar-refractivity contribution in [3.05, 3.63) is 65.2 Å². The molecule has 0 bridgehead atoms. The molecule has 0 heterocycles. The van der Waals surface area contributed by atoms with E-state index in [9.17, 15) is 9.59 Å². The Morgan fingerprint density at radius 1 is 1.10 bits per heavy atom. The maximum absolute atomic E-state index is 12.6. The molecule has 1 atom stereocenters. The van der Waals surface area contributed by atoms with E-state index in [0.29, 0.717) is 30.0 Å². The smallest absolute Gasteiger partial charge is 0.328 e. The Morgan fingerprint density at radius 2 is 1.79 bits per heavy atom. The standard InChI is InChI=1S/C23H28N2O4/c1-5-17(14-22(26)27)18-9-12-20(16(4)29-6-2)21(13-18)25-23(28)24-19-10-7-15(3)8-11-19/h7-14,16H,5-6H2,1-4H3,(H,26,27)(H2,24,25,28)/b17-14+/t16-/m1/s1. The lowest BCUT2D eigenvalue weighted by atomic mass is 9.98. The van der Waals surface area contributed by atoms with Crippen LogP contribution in [-0.4, -0.2) is 23.7 Å². The van der Waals surface area contributed by atoms with E-state index in [1.54, 1.807) is 6.07 Å². The zero-order valence-electron chi connectivity index (χ0n) is 17.3. The monoisotopic (exact) mass is 396 g/mol. The number of anilines is 2. The van der Waals surface area contributed by atoms with Crippen molar-refractivity contribution in [2.75, 3.05) is 17.2 Å². The first-order chi connectivity index (χ1) is 13.8. The lowest BCUT2D eigenvalue weighted by Crippen LogP contribution is -2.21. The van der Waals surface area contributed by atoms with Gasteiger partial charge in [0.1, 0.15) is 0 Å². The van der Waals surface area contributed by atoms with Gasteiger partial charge in [0.15, 0.2) is 0 Å². The van der Waals surface area contributed by atoms with Crippen LogP contribution in [0.3, 0.4) is 0 Å². The molecule has 0 spiro atoms. The Bertz CT molecular complexity index is 888. The quantitative estimate of drug-likeness (QED) is 0.506. The van der Waals surface area contributed by atoms with E-state index in [-0.39, 0.29) is 12.1 Å². The summed E-state index contributed by atoms with van der Waals surface area (Å²) in [6.07, 6.45) is 1.52. The number of aryl methyl sites for hydroxylation is 1. The largest absolute Gasteiger partial charge is 0.478 e. The average molecular weight is 396 g/mol. The number of carbonyl (C=O) groups excluding carboxylic acids is 1. The van der Waals surface area contributed by atoms with Crippen molar-refractivity contribution in [3.63, 3.8) is 0 Å². The second-order valence-electron chi connectivity index (χ2n) is 6.71. The molecule has 0 aliphatic rings. The molecule has 0 unspecified atom stereocenters. The Labute approximate surface area is 171 Å². The molecule has 0 fully saturated rings. The van der Waals surface area contributed by atoms with Crippen molar-refractivity contribution in [2.45, 2.75) is 40.2 Å². The molecule has 0 aliphatic carbocycles. The van der Waals surface area contributed by atoms with Crippen LogP contribution in [0.2, 0.25) is 0 Å². The number of carboxylic acid groups (broad SMARTS) is 1. The lowest BCUT2D eigenvalue weighted by Gasteiger charge is -2.19. The maximum Gasteiger partial charge on any atom is 0.328 e. The SMILES string of the molecule is CCO[C@H](C)c1ccc(/C(=C/C(=O)O)CC)cc1NC(=O)Nc1ccc(C)cc1. The van der Waals surface area contributed by atoms with Gasteiger partial charge in [-0.15, -0.1) is 0 Å². The first kappa shape index (κ1) is 22.2. The topological polar surface area (TPSA) is 87.7 Å². The number of aliphatic carboxylic acids is 1. The summed E-state index contributed by atoms with van der Waals surface area (Å²) in [5, 5.41) is 14.8. The summed E-state index contributed by atoms with van der Waals surface area (Å²) >= 11 is 0. The summed E-state index contributed by atoms with van der Waals surface area (Å²) in [6, 6.07) is 12.6. The molecule has 2 aromatic carbocycles. The summed E-state index contributed by atoms with van der Waals surface area (Å²) in [6.45, 7) is 8.23. The molecule has 2 amide bonds. The first-order valence-electron chi connectivity index (χ1n) is 9.68. The highest BCUT2D eigenvalue weighted by Gasteiger charge is 2.15. The molecule has 0 aromatic heterocycles. The molecule has 0 radical (unpaired) electrons. The molecule has 6 nitrogen and oxygen atoms in total. The molecule has 6 heteroatoms. The number of benzene rings is 2. The highest BCUT2D eigenvalue weighted by molar-refractivity contribution is 6.00. The van der Waals surface area contributed by atoms with Crippen LogP contribution in [-0.2, 0) is 9.53 Å². The second-order valence-corrected chi connectivity index (χ2v) is 6.71. The Balaban J connectivity index is 2.34. The van der Waals surface area contributed by atoms with Gasteiger partial charge in [-0.1, -0.05) is 36.8 Å². The van der Waals surface area contributed by atoms with Crippen LogP contribution in [0.4, 0.5) is 16.2 Å². The van der Waals surface area contributed by atoms with Gasteiger partial charge in [0.05, 0.1) is 6.10 Å². The molecule has 0 saturated carbocycles. The average Bonchev–Trinajstić information content (AvgIpc) is 2.67. The van der Waals surface area contributed by atoms with Gasteiger partial charge in [-0.25, -0.2) is 9.59 Å². The van der Waals surface area contributed by atoms with Gasteiger partial charge in [0.2, 0.25) is 0 Å². The van der Waals surface area contributed by atoms with Gasteiger partial charge in [0, 0.05) is 29.6 Å². The van der Waals surface area contributed by atoms with Crippen LogP contribution < -0.4 is 10.6 Å². The molecule has 29 heavy (non-hydrogen) atoms. The number of allylic oxidation sites excluding steroid dienone is 1. The molecule has 2 rings (SSSR count). The number of carbonyl (C=O) groups is 2. The van der Waals surface area contributed by atoms with E-state index < -0.39 is 5.97 Å². The normalized spacial score (nSPS) is 12.3. The predicted octanol–water partition coefficient (Wildman–Crippen LogP) is 5.61. The minimum atomic E-state index is -1.000. The molecule has 0 aliphatic heterocycles. The fraction of sp³-hybridized carbons (Fsp3) is 0.304. The van der Waals surface area contributed by atoms with Gasteiger partial charge in [-0.3, -0.25) is 0 Å². The Kier molecular flexibility index (Phi) is 7.98. The van der Waals surface area contributed by atoms with Crippen molar-refractivity contribution >= 4 is 28.9 Å². The summed E-state index contributed by atoms with van der Waals surface area (Å²) in [5.41, 5.74) is 4.61. The predicted molar refractivity (Wildman–Crippen MR) is 116 cm³/mol. The Morgan fingerprint density at radius 3 is 2.38 bits per heavy atom. The fourth-order valence-corrected chi connectivity index (χ4v) is 3.02. The van der Waals surface area contributed by atoms with Crippen molar-refractivity contribution in [1.82, 2.24) is 0 Å². The number of nitrogens with one attached hydrogen (secondary N) is 2. The van der Waals surface area contributed by atoms with Crippen molar-refractivity contribution in [3.8, 4) is 0 Å². The molecule has 3 N–H and O–H groups in total. The summed E-state index contributed by atoms with van der Waals surface area (Å²) < 4.78 is 5.69. The number of hydrogen-bond donors (Lipinski definition) is 3. The second kappa shape index (κ2) is 10.4. The van der Waals surface area contributed by atoms with Crippen LogP contribution in [0.5, 0.6) is 0 Å². The summed E-state index contributed by atoms with van der Waals surface area (Å²) in [4.78, 5) is 23.7. The van der Waals surface area contributed by atoms with Crippen molar-refractivity contribution in [1.29, 1.82) is 0 Å². The van der Waals surface area contributed by atoms with Crippen LogP contribution in [0, 0.1) is 6.92 Å². The van der Waals surface area contributed by atoms with Gasteiger partial charge in [-0.05, 0) is 56.5 Å². The lowest BCUT2D eigenvalue weighted by molar-refractivity contribution is -0.131. The third kappa shape index (κ3) is 6.47. The van der Waals surface area contributed by atoms with E-state index >= 15 is 0 Å². The van der Waals surface area contributed by atoms with E-state index in [2.05, 4.69) is 10.6 Å². The number of hydrogen-bond acceptors (Lipinski definition) is 3. The number of rotatable bonds is 8. The number of amides is 2. The van der Waals surface area contributed by atoms with E-state index in [0.717, 1.165) is 16.7 Å². The number of carboxylic acids is 1. The molecular weight excluding hydrogens is 368 g/mol. The van der Waals surface area contributed by atoms with Crippen LogP contribution in [0.25, 0.3) is 5.57 Å². The van der Waals surface area contributed by atoms with Crippen LogP contribution >= 0.6 is 0 Å². The maximum atomic E-state index is 12.6. The molecule has 2 aromatic rings. The molecule has 0 saturated heterocycles. The highest BCUT2D eigenvalue weighted by Crippen LogP contribution is 2.30. The van der Waals surface area contributed by atoms with Gasteiger partial charge >= 0.3 is 12.0 Å². The minimum absolute atomic E-state index is 0.225. The van der Waals surface area contributed by atoms with E-state index in [1.165, 1.54) is 6.08 Å². The van der Waals surface area contributed by atoms with Crippen molar-refractivity contribution in [2.24, 2.45) is 0 Å². The van der Waals surface area contributed by atoms with Gasteiger partial charge < -0.3 is 20.5 Å². The van der Waals surface area contributed by atoms with Crippen LogP contribution in [0.15, 0.2) is 48.5 Å². The first-order valence-corrected chi connectivity index (χ1v) is 9.68. The molecule has 154 valence electrons. The van der Waals surface area contributed by atoms with E-state index in [4.69, 9.17) is 9.84 Å². The van der Waals surface area contributed by atoms with E-state index in [1.807, 2.05) is 64.1 Å². The minimum Gasteiger partial charge on any atom is -0.478 e. The highest BCUT2D eigenvalue weighted by atomic mass is 16.5. The van der Waals surface area contributed by atoms with Crippen LogP contribution in [0.1, 0.15) is 50.0 Å². The summed E-state index contributed by atoms with van der Waals surface area (Å²) in [7, 11) is 0. The number of urea groups is 1. The molecular formula is C23H28N2O4. The summed E-state index contributed by atoms with van der Waals surface area (Å²) in [5.74, 6) is -1.000. The zero-order valence-corrected chi connectivity index (χ0v) is 17.3. The third-order valence-electron chi connectivity index (χ3n) is 4.51. The fourth-order valence-electron chi connectivity index (χ4n) is 3.02. The van der Waals surface area contributed by atoms with Gasteiger partial charge in [0.25, 0.3) is 0 Å². The Hall–Kier alpha value is -3.12. The third-order valence-corrected chi connectivity index (χ3v) is 4.51. The number of ether oxygens (including phenoxy) is 1. The zero-order chi connectivity index (χ0) is 21.4. The van der Waals surface area contributed by atoms with Gasteiger partial charge in [-0.2, -0.15) is 0 Å². The van der Waals surface area contributed by atoms with Crippen molar-refractivity contribution < 1.29 is 19.4 Å².